The van der Waals surface area contributed by atoms with Gasteiger partial charge in [0.2, 0.25) is 0 Å². The number of rotatable bonds is 6. The minimum atomic E-state index is -1.71. The van der Waals surface area contributed by atoms with Crippen LogP contribution in [0.4, 0.5) is 0 Å². The van der Waals surface area contributed by atoms with Gasteiger partial charge < -0.3 is 29.9 Å². The molecule has 0 saturated heterocycles. The van der Waals surface area contributed by atoms with Crippen LogP contribution in [0.2, 0.25) is 0 Å². The molecule has 6 unspecified atom stereocenters. The van der Waals surface area contributed by atoms with Gasteiger partial charge in [-0.25, -0.2) is 0 Å². The maximum absolute atomic E-state index is 11.6. The van der Waals surface area contributed by atoms with Crippen LogP contribution in [0.15, 0.2) is 0 Å². The van der Waals surface area contributed by atoms with Crippen molar-refractivity contribution in [2.75, 3.05) is 0 Å². The van der Waals surface area contributed by atoms with E-state index in [9.17, 15) is 30.0 Å². The van der Waals surface area contributed by atoms with Crippen molar-refractivity contribution in [3.8, 4) is 0 Å². The van der Waals surface area contributed by atoms with Crippen molar-refractivity contribution in [2.45, 2.75) is 76.2 Å². The van der Waals surface area contributed by atoms with Crippen LogP contribution in [0.1, 0.15) is 39.5 Å². The van der Waals surface area contributed by atoms with Gasteiger partial charge in [-0.2, -0.15) is 0 Å². The highest BCUT2D eigenvalue weighted by Crippen LogP contribution is 2.27. The number of hydrogen-bond donors (Lipinski definition) is 4. The molecular formula is C14H24O8. The molecule has 0 amide bonds. The first kappa shape index (κ1) is 18.8. The van der Waals surface area contributed by atoms with E-state index in [-0.39, 0.29) is 12.8 Å². The Kier molecular flexibility index (Phi) is 7.21. The number of carbonyl (C=O) groups excluding carboxylic acids is 2. The van der Waals surface area contributed by atoms with Gasteiger partial charge in [0.05, 0.1) is 0 Å². The molecule has 0 aliphatic heterocycles. The highest BCUT2D eigenvalue weighted by atomic mass is 16.6. The molecule has 0 radical (unpaired) electrons. The molecule has 1 saturated carbocycles. The summed E-state index contributed by atoms with van der Waals surface area (Å²) in [5.41, 5.74) is 0. The van der Waals surface area contributed by atoms with Gasteiger partial charge in [-0.05, 0) is 12.8 Å². The van der Waals surface area contributed by atoms with E-state index in [2.05, 4.69) is 0 Å². The SMILES string of the molecule is CCCC(=O)OC1C(O)C(O)C(O)C(O)C1OC(=O)CCC. The van der Waals surface area contributed by atoms with E-state index in [1.165, 1.54) is 0 Å². The Morgan fingerprint density at radius 3 is 1.32 bits per heavy atom. The monoisotopic (exact) mass is 320 g/mol. The maximum atomic E-state index is 11.6. The number of aliphatic hydroxyl groups excluding tert-OH is 4. The first-order valence-corrected chi connectivity index (χ1v) is 7.44. The summed E-state index contributed by atoms with van der Waals surface area (Å²) in [6, 6.07) is 0. The van der Waals surface area contributed by atoms with E-state index in [0.717, 1.165) is 0 Å². The molecular weight excluding hydrogens is 296 g/mol. The fourth-order valence-electron chi connectivity index (χ4n) is 2.28. The van der Waals surface area contributed by atoms with Crippen LogP contribution >= 0.6 is 0 Å². The molecule has 0 aromatic carbocycles. The molecule has 0 spiro atoms. The molecule has 1 aliphatic carbocycles. The third-order valence-electron chi connectivity index (χ3n) is 3.49. The van der Waals surface area contributed by atoms with Gasteiger partial charge in [-0.1, -0.05) is 13.8 Å². The lowest BCUT2D eigenvalue weighted by Crippen LogP contribution is -2.65. The van der Waals surface area contributed by atoms with Crippen molar-refractivity contribution in [3.05, 3.63) is 0 Å². The first-order chi connectivity index (χ1) is 10.3. The second-order valence-corrected chi connectivity index (χ2v) is 5.37. The van der Waals surface area contributed by atoms with Gasteiger partial charge in [0.1, 0.15) is 24.4 Å². The van der Waals surface area contributed by atoms with Crippen LogP contribution in [0.5, 0.6) is 0 Å². The van der Waals surface area contributed by atoms with Crippen molar-refractivity contribution in [2.24, 2.45) is 0 Å². The molecule has 22 heavy (non-hydrogen) atoms. The summed E-state index contributed by atoms with van der Waals surface area (Å²) in [4.78, 5) is 23.2. The van der Waals surface area contributed by atoms with Gasteiger partial charge >= 0.3 is 11.9 Å². The van der Waals surface area contributed by atoms with Crippen LogP contribution in [0.3, 0.4) is 0 Å². The van der Waals surface area contributed by atoms with Gasteiger partial charge in [0, 0.05) is 12.8 Å². The summed E-state index contributed by atoms with van der Waals surface area (Å²) < 4.78 is 10.1. The van der Waals surface area contributed by atoms with Crippen LogP contribution in [-0.4, -0.2) is 69.0 Å². The van der Waals surface area contributed by atoms with Gasteiger partial charge in [-0.15, -0.1) is 0 Å². The second-order valence-electron chi connectivity index (χ2n) is 5.37. The largest absolute Gasteiger partial charge is 0.455 e. The molecule has 1 rings (SSSR count). The molecule has 0 bridgehead atoms. The van der Waals surface area contributed by atoms with E-state index in [1.807, 2.05) is 0 Å². The highest BCUT2D eigenvalue weighted by Gasteiger charge is 2.52. The number of aliphatic hydroxyl groups is 4. The number of ether oxygens (including phenoxy) is 2. The molecule has 0 aromatic rings. The quantitative estimate of drug-likeness (QED) is 0.452. The molecule has 1 fully saturated rings. The molecule has 1 aliphatic rings. The highest BCUT2D eigenvalue weighted by molar-refractivity contribution is 5.70. The van der Waals surface area contributed by atoms with E-state index < -0.39 is 48.6 Å². The average Bonchev–Trinajstić information content (AvgIpc) is 2.47. The normalized spacial score (nSPS) is 35.0. The fourth-order valence-corrected chi connectivity index (χ4v) is 2.28. The number of esters is 2. The minimum absolute atomic E-state index is 0.0770. The Morgan fingerprint density at radius 1 is 0.727 bits per heavy atom. The Bertz CT molecular complexity index is 349. The van der Waals surface area contributed by atoms with E-state index in [1.54, 1.807) is 13.8 Å². The predicted molar refractivity (Wildman–Crippen MR) is 73.6 cm³/mol. The molecule has 0 aromatic heterocycles. The summed E-state index contributed by atoms with van der Waals surface area (Å²) in [5, 5.41) is 39.3. The standard InChI is InChI=1S/C14H24O8/c1-3-5-7(15)21-13-11(19)9(17)10(18)12(20)14(13)22-8(16)6-4-2/h9-14,17-20H,3-6H2,1-2H3. The smallest absolute Gasteiger partial charge is 0.306 e. The van der Waals surface area contributed by atoms with Crippen LogP contribution in [0.25, 0.3) is 0 Å². The summed E-state index contributed by atoms with van der Waals surface area (Å²) in [7, 11) is 0. The summed E-state index contributed by atoms with van der Waals surface area (Å²) >= 11 is 0. The van der Waals surface area contributed by atoms with Gasteiger partial charge in [-0.3, -0.25) is 9.59 Å². The topological polar surface area (TPSA) is 134 Å². The molecule has 8 nitrogen and oxygen atoms in total. The average molecular weight is 320 g/mol. The van der Waals surface area contributed by atoms with Crippen molar-refractivity contribution in [3.63, 3.8) is 0 Å². The third kappa shape index (κ3) is 4.39. The third-order valence-corrected chi connectivity index (χ3v) is 3.49. The van der Waals surface area contributed by atoms with Crippen LogP contribution in [-0.2, 0) is 19.1 Å². The molecule has 0 heterocycles. The lowest BCUT2D eigenvalue weighted by molar-refractivity contribution is -0.241. The summed E-state index contributed by atoms with van der Waals surface area (Å²) in [5.74, 6) is -1.31. The van der Waals surface area contributed by atoms with Crippen molar-refractivity contribution < 1.29 is 39.5 Å². The second kappa shape index (κ2) is 8.42. The number of hydrogen-bond acceptors (Lipinski definition) is 8. The minimum Gasteiger partial charge on any atom is -0.455 e. The first-order valence-electron chi connectivity index (χ1n) is 7.44. The number of carbonyl (C=O) groups is 2. The fraction of sp³-hybridized carbons (Fsp3) is 0.857. The Labute approximate surface area is 128 Å². The van der Waals surface area contributed by atoms with Gasteiger partial charge in [0.15, 0.2) is 12.2 Å². The van der Waals surface area contributed by atoms with Crippen molar-refractivity contribution in [1.29, 1.82) is 0 Å². The van der Waals surface area contributed by atoms with E-state index >= 15 is 0 Å². The zero-order valence-corrected chi connectivity index (χ0v) is 12.7. The Balaban J connectivity index is 2.91. The lowest BCUT2D eigenvalue weighted by atomic mass is 9.84. The lowest BCUT2D eigenvalue weighted by Gasteiger charge is -2.42. The van der Waals surface area contributed by atoms with E-state index in [0.29, 0.717) is 12.8 Å². The summed E-state index contributed by atoms with van der Waals surface area (Å²) in [6.07, 6.45) is -8.46. The molecule has 8 heteroatoms. The Morgan fingerprint density at radius 2 is 1.05 bits per heavy atom. The van der Waals surface area contributed by atoms with Crippen molar-refractivity contribution >= 4 is 11.9 Å². The molecule has 4 N–H and O–H groups in total. The van der Waals surface area contributed by atoms with Gasteiger partial charge in [0.25, 0.3) is 0 Å². The maximum Gasteiger partial charge on any atom is 0.306 e. The molecule has 6 atom stereocenters. The van der Waals surface area contributed by atoms with Crippen molar-refractivity contribution in [1.82, 2.24) is 0 Å². The van der Waals surface area contributed by atoms with E-state index in [4.69, 9.17) is 9.47 Å². The van der Waals surface area contributed by atoms with Crippen LogP contribution in [0, 0.1) is 0 Å². The predicted octanol–water partition coefficient (Wildman–Crippen LogP) is -1.13. The zero-order chi connectivity index (χ0) is 16.9. The van der Waals surface area contributed by atoms with Crippen LogP contribution < -0.4 is 0 Å². The molecule has 128 valence electrons. The zero-order valence-electron chi connectivity index (χ0n) is 12.7. The summed E-state index contributed by atoms with van der Waals surface area (Å²) in [6.45, 7) is 3.51. The Hall–Kier alpha value is -1.22.